The van der Waals surface area contributed by atoms with Gasteiger partial charge in [0.15, 0.2) is 34.6 Å². The summed E-state index contributed by atoms with van der Waals surface area (Å²) in [7, 11) is -5.37. The number of esters is 3. The summed E-state index contributed by atoms with van der Waals surface area (Å²) in [6.45, 7) is 25.7. The van der Waals surface area contributed by atoms with Crippen molar-refractivity contribution in [2.24, 2.45) is 16.7 Å². The van der Waals surface area contributed by atoms with E-state index in [0.717, 1.165) is 25.7 Å². The minimum absolute atomic E-state index is 0. The van der Waals surface area contributed by atoms with Crippen molar-refractivity contribution in [3.8, 4) is 0 Å². The van der Waals surface area contributed by atoms with Crippen molar-refractivity contribution in [3.05, 3.63) is 144 Å². The van der Waals surface area contributed by atoms with Crippen LogP contribution < -0.4 is 5.32 Å². The van der Waals surface area contributed by atoms with Crippen molar-refractivity contribution in [2.75, 3.05) is 6.61 Å². The number of carbonyl (C=O) groups excluding carboxylic acids is 5. The van der Waals surface area contributed by atoms with E-state index in [2.05, 4.69) is 81.6 Å². The molecular formula is C69H99AcNO14Si2. The van der Waals surface area contributed by atoms with E-state index in [1.807, 2.05) is 31.8 Å². The molecule has 6 rings (SSSR count). The van der Waals surface area contributed by atoms with Gasteiger partial charge in [0.2, 0.25) is 0 Å². The summed E-state index contributed by atoms with van der Waals surface area (Å²) in [6, 6.07) is 18.1. The van der Waals surface area contributed by atoms with Crippen molar-refractivity contribution in [3.63, 3.8) is 0 Å². The second kappa shape index (κ2) is 31.8. The minimum Gasteiger partial charge on any atom is -0.456 e. The molecule has 11 atom stereocenters. The Morgan fingerprint density at radius 3 is 1.82 bits per heavy atom. The van der Waals surface area contributed by atoms with Gasteiger partial charge in [-0.15, -0.1) is 0 Å². The Balaban J connectivity index is 0.0000138. The summed E-state index contributed by atoms with van der Waals surface area (Å²) < 4.78 is 46.1. The number of hydrogen-bond acceptors (Lipinski definition) is 14. The van der Waals surface area contributed by atoms with Crippen LogP contribution in [0.1, 0.15) is 156 Å². The van der Waals surface area contributed by atoms with Crippen LogP contribution in [0.4, 0.5) is 4.79 Å². The van der Waals surface area contributed by atoms with Crippen molar-refractivity contribution >= 4 is 46.4 Å². The molecule has 2 aromatic rings. The fourth-order valence-corrected chi connectivity index (χ4v) is 16.9. The van der Waals surface area contributed by atoms with Crippen molar-refractivity contribution in [2.45, 2.75) is 231 Å². The summed E-state index contributed by atoms with van der Waals surface area (Å²) in [5, 5.41) is 30.7. The topological polar surface area (TPSA) is 202 Å². The zero-order chi connectivity index (χ0) is 63.3. The quantitative estimate of drug-likeness (QED) is 0.0330. The number of nitrogens with one attached hydrogen (secondary N) is 1. The summed E-state index contributed by atoms with van der Waals surface area (Å²) in [6.07, 6.45) is 16.0. The van der Waals surface area contributed by atoms with Crippen LogP contribution in [0.25, 0.3) is 0 Å². The average Bonchev–Trinajstić information content (AvgIpc) is 0.677. The number of hydrogen-bond donors (Lipinski definition) is 3. The van der Waals surface area contributed by atoms with Gasteiger partial charge in [-0.2, -0.15) is 0 Å². The van der Waals surface area contributed by atoms with E-state index in [1.165, 1.54) is 0 Å². The summed E-state index contributed by atoms with van der Waals surface area (Å²) in [4.78, 5) is 75.6. The van der Waals surface area contributed by atoms with Gasteiger partial charge < -0.3 is 48.1 Å². The molecule has 1 amide bonds. The Hall–Kier alpha value is -4.09. The maximum Gasteiger partial charge on any atom is 0.408 e. The molecule has 4 aliphatic rings. The first-order chi connectivity index (χ1) is 40.6. The number of allylic oxidation sites excluding steroid dienone is 10. The third-order valence-electron chi connectivity index (χ3n) is 17.9. The zero-order valence-electron chi connectivity index (χ0n) is 54.2. The number of amides is 1. The third kappa shape index (κ3) is 17.7. The van der Waals surface area contributed by atoms with Crippen LogP contribution in [-0.2, 0) is 46.9 Å². The summed E-state index contributed by atoms with van der Waals surface area (Å²) in [5.74, 6) is -4.52. The normalized spacial score (nSPS) is 27.2. The molecular weight excluding hydrogens is 1350 g/mol. The Bertz CT molecular complexity index is 2830. The van der Waals surface area contributed by atoms with Gasteiger partial charge in [0.05, 0.1) is 35.8 Å². The fraction of sp³-hybridized carbons (Fsp3) is 0.580. The van der Waals surface area contributed by atoms with Crippen LogP contribution >= 0.6 is 0 Å². The van der Waals surface area contributed by atoms with E-state index in [9.17, 15) is 24.6 Å². The number of ether oxygens (including phenoxy) is 5. The van der Waals surface area contributed by atoms with Gasteiger partial charge in [-0.25, -0.2) is 14.4 Å². The number of fused-ring (bicyclic) bond motifs is 5. The molecule has 3 N–H and O–H groups in total. The molecule has 2 saturated carbocycles. The first-order valence-electron chi connectivity index (χ1n) is 31.2. The Morgan fingerprint density at radius 2 is 1.31 bits per heavy atom. The molecule has 15 nitrogen and oxygen atoms in total. The van der Waals surface area contributed by atoms with Crippen LogP contribution in [0.15, 0.2) is 133 Å². The molecule has 1 heterocycles. The van der Waals surface area contributed by atoms with Gasteiger partial charge in [-0.05, 0) is 140 Å². The van der Waals surface area contributed by atoms with E-state index < -0.39 is 129 Å². The van der Waals surface area contributed by atoms with Crippen molar-refractivity contribution < 1.29 is 111 Å². The first kappa shape index (κ1) is 73.6. The first-order valence-corrected chi connectivity index (χ1v) is 37.1. The predicted octanol–water partition coefficient (Wildman–Crippen LogP) is 13.7. The monoisotopic (exact) mass is 1450 g/mol. The van der Waals surface area contributed by atoms with Crippen LogP contribution in [-0.4, -0.2) is 117 Å². The molecule has 3 fully saturated rings. The molecule has 1 radical (unpaired) electrons. The number of ketones is 1. The predicted molar refractivity (Wildman–Crippen MR) is 340 cm³/mol. The fourth-order valence-electron chi connectivity index (χ4n) is 12.9. The molecule has 2 bridgehead atoms. The van der Waals surface area contributed by atoms with Crippen LogP contribution in [0.2, 0.25) is 37.8 Å². The molecule has 475 valence electrons. The van der Waals surface area contributed by atoms with Gasteiger partial charge in [0, 0.05) is 74.7 Å². The summed E-state index contributed by atoms with van der Waals surface area (Å²) in [5.41, 5.74) is -7.45. The molecule has 11 unspecified atom stereocenters. The zero-order valence-corrected chi connectivity index (χ0v) is 61.0. The van der Waals surface area contributed by atoms with Gasteiger partial charge in [-0.3, -0.25) is 9.59 Å². The standard InChI is InChI=1S/C69H99NO14Si2.Ac/c1-15-19-20-21-22-23-24-25-26-27-28-29-30-31-32-39-44-54(71)80-57-55-48(5)51(79-63(74)58(84-85(12,13)14)56(49-40-35-33-36-41-49)70-64(75)82-65(6,7)8)46-69(77,66(55,9)10)61(81-62(73)50-42-37-34-38-43-50)59-67(11,60(57)72)52(45-53-68(59,76)47-78-53)83-86(16-2,17-3)18-4;/h19-20,22-23,25-26,28-29,31-38,40-43,51-53,56-59,61,76-77H,15-18,21,24,27,30,39,44-47H2,1-14H3,(H,70,75);/b20-19-,23-22-,26-25-,29-28-,32-31-;. The van der Waals surface area contributed by atoms with E-state index >= 15 is 9.59 Å². The van der Waals surface area contributed by atoms with Gasteiger partial charge in [-0.1, -0.05) is 151 Å². The summed E-state index contributed by atoms with van der Waals surface area (Å²) >= 11 is 0. The molecule has 2 aromatic carbocycles. The van der Waals surface area contributed by atoms with Crippen molar-refractivity contribution in [1.29, 1.82) is 0 Å². The SMILES string of the molecule is CC/C=C\C/C=C\C/C=C\C/C=C\C/C=C\CCC(=O)OC1C(=O)C2(C)C(O[Si](CC)(CC)CC)CC3OCC3(O)C2C(OC(=O)c2ccccc2)C2(O)CC(OC(=O)C(O[Si](C)(C)C)C(NC(=O)OC(C)(C)C)c3ccccc3)C(C)=C1C2(C)C.[Ac]. The van der Waals surface area contributed by atoms with E-state index in [0.29, 0.717) is 35.7 Å². The number of Topliss-reactive ketones (excluding diaryl/α,β-unsaturated/α-hetero) is 1. The third-order valence-corrected chi connectivity index (χ3v) is 23.5. The van der Waals surface area contributed by atoms with Crippen LogP contribution in [0.5, 0.6) is 0 Å². The minimum atomic E-state index is -2.72. The Morgan fingerprint density at radius 1 is 0.770 bits per heavy atom. The van der Waals surface area contributed by atoms with Gasteiger partial charge in [0.1, 0.15) is 29.0 Å². The number of carbonyl (C=O) groups is 5. The van der Waals surface area contributed by atoms with E-state index in [-0.39, 0.29) is 81.1 Å². The second-order valence-corrected chi connectivity index (χ2v) is 35.5. The number of rotatable bonds is 27. The van der Waals surface area contributed by atoms with Gasteiger partial charge >= 0.3 is 24.0 Å². The second-order valence-electron chi connectivity index (χ2n) is 26.3. The number of alkyl carbamates (subject to hydrolysis) is 1. The molecule has 87 heavy (non-hydrogen) atoms. The molecule has 3 aliphatic carbocycles. The number of benzene rings is 2. The van der Waals surface area contributed by atoms with Crippen LogP contribution in [0, 0.1) is 60.8 Å². The average molecular weight is 1450 g/mol. The molecule has 0 spiro atoms. The Kier molecular flexibility index (Phi) is 26.9. The van der Waals surface area contributed by atoms with Gasteiger partial charge in [0.25, 0.3) is 0 Å². The van der Waals surface area contributed by atoms with Crippen molar-refractivity contribution in [1.82, 2.24) is 5.32 Å². The molecule has 18 heteroatoms. The maximum atomic E-state index is 16.8. The van der Waals surface area contributed by atoms with E-state index in [4.69, 9.17) is 32.5 Å². The molecule has 1 aliphatic heterocycles. The molecule has 1 saturated heterocycles. The van der Waals surface area contributed by atoms with Crippen LogP contribution in [0.3, 0.4) is 0 Å². The maximum absolute atomic E-state index is 16.8. The largest absolute Gasteiger partial charge is 0.456 e. The number of aliphatic hydroxyl groups is 2. The Labute approximate surface area is 556 Å². The smallest absolute Gasteiger partial charge is 0.408 e. The molecule has 0 aromatic heterocycles. The van der Waals surface area contributed by atoms with E-state index in [1.54, 1.807) is 109 Å².